The van der Waals surface area contributed by atoms with E-state index in [2.05, 4.69) is 26.0 Å². The maximum absolute atomic E-state index is 13.5. The summed E-state index contributed by atoms with van der Waals surface area (Å²) in [6.07, 6.45) is 11.5. The van der Waals surface area contributed by atoms with Gasteiger partial charge in [0.25, 0.3) is 0 Å². The Morgan fingerprint density at radius 1 is 1.22 bits per heavy atom. The van der Waals surface area contributed by atoms with E-state index in [0.717, 1.165) is 43.4 Å². The molecule has 4 rings (SSSR count). The van der Waals surface area contributed by atoms with Crippen LogP contribution in [0, 0.1) is 28.6 Å². The molecule has 2 fully saturated rings. The number of carbonyl (C=O) groups is 2. The predicted molar refractivity (Wildman–Crippen MR) is 103 cm³/mol. The molecule has 0 aromatic rings. The molecule has 0 N–H and O–H groups in total. The molecular weight excluding hydrogens is 340 g/mol. The molecule has 0 spiro atoms. The third-order valence-corrected chi connectivity index (χ3v) is 8.03. The first-order valence-corrected chi connectivity index (χ1v) is 10.1. The van der Waals surface area contributed by atoms with Gasteiger partial charge in [-0.2, -0.15) is 0 Å². The van der Waals surface area contributed by atoms with Crippen LogP contribution in [0.15, 0.2) is 35.1 Å². The molecule has 0 heterocycles. The zero-order valence-electron chi connectivity index (χ0n) is 16.8. The molecule has 0 aliphatic heterocycles. The lowest BCUT2D eigenvalue weighted by molar-refractivity contribution is -0.140. The van der Waals surface area contributed by atoms with Gasteiger partial charge in [0.2, 0.25) is 0 Å². The van der Waals surface area contributed by atoms with Gasteiger partial charge >= 0.3 is 5.97 Å². The molecule has 0 aromatic heterocycles. The highest BCUT2D eigenvalue weighted by atomic mass is 16.5. The second-order valence-corrected chi connectivity index (χ2v) is 9.17. The van der Waals surface area contributed by atoms with E-state index >= 15 is 0 Å². The molecule has 0 radical (unpaired) electrons. The van der Waals surface area contributed by atoms with E-state index in [4.69, 9.17) is 9.47 Å². The zero-order chi connectivity index (χ0) is 19.4. The van der Waals surface area contributed by atoms with Crippen molar-refractivity contribution in [3.63, 3.8) is 0 Å². The number of fused-ring (bicyclic) bond motifs is 5. The summed E-state index contributed by atoms with van der Waals surface area (Å²) in [6, 6.07) is 0. The highest BCUT2D eigenvalue weighted by Gasteiger charge is 2.60. The summed E-state index contributed by atoms with van der Waals surface area (Å²) < 4.78 is 10.3. The third kappa shape index (κ3) is 2.63. The van der Waals surface area contributed by atoms with E-state index in [9.17, 15) is 9.59 Å². The van der Waals surface area contributed by atoms with Crippen molar-refractivity contribution < 1.29 is 19.1 Å². The van der Waals surface area contributed by atoms with Crippen molar-refractivity contribution in [3.05, 3.63) is 35.1 Å². The molecular formula is C23H30O4. The second kappa shape index (κ2) is 6.35. The summed E-state index contributed by atoms with van der Waals surface area (Å²) in [4.78, 5) is 25.3. The minimum absolute atomic E-state index is 0.0851. The maximum atomic E-state index is 13.5. The first-order chi connectivity index (χ1) is 12.8. The summed E-state index contributed by atoms with van der Waals surface area (Å²) in [5.74, 6) is 2.00. The number of carbonyl (C=O) groups excluding carboxylic acids is 2. The number of ketones is 1. The first kappa shape index (κ1) is 18.5. The Morgan fingerprint density at radius 2 is 2.00 bits per heavy atom. The summed E-state index contributed by atoms with van der Waals surface area (Å²) in [5, 5.41) is 0. The minimum Gasteiger partial charge on any atom is -0.501 e. The largest absolute Gasteiger partial charge is 0.501 e. The minimum atomic E-state index is -0.302. The molecule has 0 aromatic carbocycles. The quantitative estimate of drug-likeness (QED) is 0.535. The van der Waals surface area contributed by atoms with Crippen LogP contribution >= 0.6 is 0 Å². The van der Waals surface area contributed by atoms with Crippen LogP contribution in [0.2, 0.25) is 0 Å². The molecule has 2 saturated carbocycles. The third-order valence-electron chi connectivity index (χ3n) is 8.03. The van der Waals surface area contributed by atoms with Crippen LogP contribution in [-0.4, -0.2) is 26.0 Å². The number of ether oxygens (including phenoxy) is 2. The molecule has 4 aliphatic rings. The van der Waals surface area contributed by atoms with Crippen LogP contribution in [0.1, 0.15) is 52.4 Å². The van der Waals surface area contributed by atoms with Crippen LogP contribution in [0.5, 0.6) is 0 Å². The molecule has 4 heteroatoms. The van der Waals surface area contributed by atoms with Crippen molar-refractivity contribution >= 4 is 11.8 Å². The van der Waals surface area contributed by atoms with E-state index < -0.39 is 0 Å². The normalized spacial score (nSPS) is 41.9. The second-order valence-electron chi connectivity index (χ2n) is 9.17. The average Bonchev–Trinajstić information content (AvgIpc) is 2.96. The fourth-order valence-electron chi connectivity index (χ4n) is 6.58. The molecule has 4 nitrogen and oxygen atoms in total. The van der Waals surface area contributed by atoms with Crippen molar-refractivity contribution in [2.45, 2.75) is 52.4 Å². The van der Waals surface area contributed by atoms with Crippen molar-refractivity contribution in [1.82, 2.24) is 0 Å². The Bertz CT molecular complexity index is 773. The summed E-state index contributed by atoms with van der Waals surface area (Å²) in [7, 11) is 3.14. The van der Waals surface area contributed by atoms with Gasteiger partial charge in [0.05, 0.1) is 20.0 Å². The molecule has 0 amide bonds. The number of allylic oxidation sites excluding steroid dienone is 5. The van der Waals surface area contributed by atoms with Crippen molar-refractivity contribution in [2.24, 2.45) is 28.6 Å². The molecule has 5 atom stereocenters. The fraction of sp³-hybridized carbons (Fsp3) is 0.652. The Kier molecular flexibility index (Phi) is 4.36. The highest BCUT2D eigenvalue weighted by Crippen LogP contribution is 2.64. The van der Waals surface area contributed by atoms with Crippen LogP contribution in [0.3, 0.4) is 0 Å². The summed E-state index contributed by atoms with van der Waals surface area (Å²) >= 11 is 0. The number of rotatable bonds is 2. The lowest BCUT2D eigenvalue weighted by Gasteiger charge is -2.55. The summed E-state index contributed by atoms with van der Waals surface area (Å²) in [5.41, 5.74) is 2.11. The van der Waals surface area contributed by atoms with Gasteiger partial charge in [-0.05, 0) is 54.6 Å². The number of hydrogen-bond acceptors (Lipinski definition) is 4. The first-order valence-electron chi connectivity index (χ1n) is 10.1. The van der Waals surface area contributed by atoms with E-state index in [1.165, 1.54) is 12.7 Å². The Morgan fingerprint density at radius 3 is 2.70 bits per heavy atom. The van der Waals surface area contributed by atoms with Gasteiger partial charge in [0, 0.05) is 30.3 Å². The molecule has 0 bridgehead atoms. The van der Waals surface area contributed by atoms with Gasteiger partial charge in [0.15, 0.2) is 0 Å². The van der Waals surface area contributed by atoms with E-state index in [-0.39, 0.29) is 22.7 Å². The van der Waals surface area contributed by atoms with Crippen LogP contribution in [0.4, 0.5) is 0 Å². The number of methoxy groups -OCH3 is 2. The number of esters is 1. The van der Waals surface area contributed by atoms with Gasteiger partial charge in [-0.15, -0.1) is 0 Å². The van der Waals surface area contributed by atoms with Crippen molar-refractivity contribution in [3.8, 4) is 0 Å². The molecule has 0 saturated heterocycles. The number of hydrogen-bond donors (Lipinski definition) is 0. The van der Waals surface area contributed by atoms with Crippen LogP contribution in [0.25, 0.3) is 0 Å². The average molecular weight is 370 g/mol. The maximum Gasteiger partial charge on any atom is 0.330 e. The van der Waals surface area contributed by atoms with Gasteiger partial charge in [-0.3, -0.25) is 4.79 Å². The van der Waals surface area contributed by atoms with E-state index in [1.54, 1.807) is 13.2 Å². The van der Waals surface area contributed by atoms with Gasteiger partial charge < -0.3 is 9.47 Å². The van der Waals surface area contributed by atoms with E-state index in [1.807, 2.05) is 0 Å². The lowest BCUT2D eigenvalue weighted by Crippen LogP contribution is -2.53. The fourth-order valence-corrected chi connectivity index (χ4v) is 6.58. The Hall–Kier alpha value is -1.84. The molecule has 0 unspecified atom stereocenters. The standard InChI is InChI=1S/C23H30O4/c1-22-10-9-16(26-3)11-14(22)5-7-17-18-8-6-15(12-20(25)27-4)23(18,2)13-19(24)21(17)22/h5,11-12,17-18,21H,6-10,13H2,1-4H3/b15-12-/t17-,18-,21+,22-,23-/m1/s1. The SMILES string of the molecule is COC(=O)/C=C1/CC[C@@H]2[C@H]3CC=C4C=C(OC)CC[C@@]4(C)[C@@H]3C(=O)C[C@]12C. The zero-order valence-corrected chi connectivity index (χ0v) is 16.8. The van der Waals surface area contributed by atoms with Gasteiger partial charge in [-0.1, -0.05) is 25.5 Å². The predicted octanol–water partition coefficient (Wildman–Crippen LogP) is 4.37. The Balaban J connectivity index is 1.72. The monoisotopic (exact) mass is 370 g/mol. The summed E-state index contributed by atoms with van der Waals surface area (Å²) in [6.45, 7) is 4.47. The van der Waals surface area contributed by atoms with Crippen molar-refractivity contribution in [2.75, 3.05) is 14.2 Å². The Labute approximate surface area is 161 Å². The topological polar surface area (TPSA) is 52.6 Å². The van der Waals surface area contributed by atoms with E-state index in [0.29, 0.717) is 24.0 Å². The van der Waals surface area contributed by atoms with Crippen molar-refractivity contribution in [1.29, 1.82) is 0 Å². The van der Waals surface area contributed by atoms with Crippen LogP contribution in [-0.2, 0) is 19.1 Å². The molecule has 27 heavy (non-hydrogen) atoms. The van der Waals surface area contributed by atoms with Crippen LogP contribution < -0.4 is 0 Å². The highest BCUT2D eigenvalue weighted by molar-refractivity contribution is 5.87. The lowest BCUT2D eigenvalue weighted by atomic mass is 9.48. The molecule has 146 valence electrons. The van der Waals surface area contributed by atoms with Gasteiger partial charge in [-0.25, -0.2) is 4.79 Å². The van der Waals surface area contributed by atoms with Gasteiger partial charge in [0.1, 0.15) is 5.78 Å². The number of Topliss-reactive ketones (excluding diaryl/α,β-unsaturated/α-hetero) is 1. The molecule has 4 aliphatic carbocycles. The smallest absolute Gasteiger partial charge is 0.330 e.